The Morgan fingerprint density at radius 1 is 0.885 bits per heavy atom. The number of hydrogen-bond donors (Lipinski definition) is 2. The molecule has 0 fully saturated rings. The zero-order valence-corrected chi connectivity index (χ0v) is 19.6. The minimum atomic E-state index is -0.711. The molecule has 0 aromatic heterocycles. The number of aliphatic carboxylic acids is 2. The molecule has 0 spiro atoms. The van der Waals surface area contributed by atoms with E-state index in [2.05, 4.69) is 24.3 Å². The van der Waals surface area contributed by atoms with Crippen molar-refractivity contribution in [1.82, 2.24) is 0 Å². The van der Waals surface area contributed by atoms with E-state index < -0.39 is 11.9 Å². The fourth-order valence-corrected chi connectivity index (χ4v) is 1.11. The third kappa shape index (κ3) is 49.5. The van der Waals surface area contributed by atoms with Gasteiger partial charge in [0, 0.05) is 12.8 Å². The minimum absolute atomic E-state index is 0. The second-order valence-electron chi connectivity index (χ2n) is 4.29. The maximum atomic E-state index is 9.60. The van der Waals surface area contributed by atoms with Crippen molar-refractivity contribution in [2.45, 2.75) is 52.4 Å². The Morgan fingerprint density at radius 2 is 1.19 bits per heavy atom. The third-order valence-corrected chi connectivity index (χ3v) is 2.10. The first kappa shape index (κ1) is 35.9. The molecule has 0 radical (unpaired) electrons. The van der Waals surface area contributed by atoms with Crippen molar-refractivity contribution < 1.29 is 39.0 Å². The van der Waals surface area contributed by atoms with Crippen LogP contribution >= 0.6 is 0 Å². The molecule has 0 unspecified atom stereocenters. The Kier molecular flexibility index (Phi) is 48.3. The molecule has 0 aromatic rings. The number of allylic oxidation sites excluding steroid dienone is 8. The SMILES string of the molecule is CCCC(=O)O.CCCC(=O)O.[C-]1=CC=CC1.[C-]1=CC=CC1.[CH3-].[CH3-].[SiH2]=[Ti]. The molecule has 150 valence electrons. The third-order valence-electron chi connectivity index (χ3n) is 2.10. The van der Waals surface area contributed by atoms with Crippen LogP contribution in [0, 0.1) is 27.0 Å². The standard InChI is InChI=1S/2C5H5.2C4H8O2.2CH3.H2Si.Ti/c2*1-2-4-5-3-1;2*1-2-3-4(5)6;;;;/h2*1-3H,4H2;2*2-3H2,1H3,(H,5,6);2*1H3;1H2;/q2*-1;;;2*-1;;. The fraction of sp³-hybridized carbons (Fsp3) is 0.400. The van der Waals surface area contributed by atoms with E-state index >= 15 is 0 Å². The van der Waals surface area contributed by atoms with E-state index in [1.54, 1.807) is 0 Å². The van der Waals surface area contributed by atoms with Crippen LogP contribution in [0.2, 0.25) is 0 Å². The van der Waals surface area contributed by atoms with E-state index in [1.807, 2.05) is 65.0 Å². The molecule has 6 heteroatoms. The topological polar surface area (TPSA) is 74.6 Å². The van der Waals surface area contributed by atoms with Gasteiger partial charge in [0.25, 0.3) is 0 Å². The molecule has 2 N–H and O–H groups in total. The molecule has 2 aliphatic carbocycles. The number of carboxylic acids is 2. The van der Waals surface area contributed by atoms with Crippen LogP contribution in [0.25, 0.3) is 0 Å². The van der Waals surface area contributed by atoms with Gasteiger partial charge in [-0.05, 0) is 12.8 Å². The van der Waals surface area contributed by atoms with Gasteiger partial charge in [0.1, 0.15) is 0 Å². The summed E-state index contributed by atoms with van der Waals surface area (Å²) in [6.45, 7) is 3.68. The van der Waals surface area contributed by atoms with Gasteiger partial charge in [-0.25, -0.2) is 24.3 Å². The van der Waals surface area contributed by atoms with Crippen LogP contribution in [0.1, 0.15) is 52.4 Å². The van der Waals surface area contributed by atoms with Gasteiger partial charge in [-0.15, -0.1) is 12.8 Å². The van der Waals surface area contributed by atoms with Gasteiger partial charge in [-0.1, -0.05) is 13.8 Å². The molecule has 0 bridgehead atoms. The first-order chi connectivity index (χ1) is 11.5. The van der Waals surface area contributed by atoms with Gasteiger partial charge in [0.15, 0.2) is 0 Å². The van der Waals surface area contributed by atoms with E-state index in [4.69, 9.17) is 10.2 Å². The zero-order chi connectivity index (χ0) is 19.1. The molecule has 0 heterocycles. The van der Waals surface area contributed by atoms with Gasteiger partial charge in [0.05, 0.1) is 0 Å². The molecular formula is C20H34O4SiTi-4. The normalized spacial score (nSPS) is 10.7. The summed E-state index contributed by atoms with van der Waals surface area (Å²) in [6.07, 6.45) is 22.0. The Bertz CT molecular complexity index is 358. The number of carbonyl (C=O) groups is 2. The summed E-state index contributed by atoms with van der Waals surface area (Å²) in [5, 5.41) is 15.8. The molecule has 26 heavy (non-hydrogen) atoms. The van der Waals surface area contributed by atoms with Gasteiger partial charge < -0.3 is 25.1 Å². The van der Waals surface area contributed by atoms with E-state index in [0.29, 0.717) is 12.8 Å². The summed E-state index contributed by atoms with van der Waals surface area (Å²) >= 11 is 2.03. The zero-order valence-electron chi connectivity index (χ0n) is 16.6. The first-order valence-electron chi connectivity index (χ1n) is 7.76. The Labute approximate surface area is 174 Å². The summed E-state index contributed by atoms with van der Waals surface area (Å²) in [7, 11) is 1.86. The second kappa shape index (κ2) is 35.0. The van der Waals surface area contributed by atoms with Crippen molar-refractivity contribution in [2.75, 3.05) is 0 Å². The molecule has 0 saturated carbocycles. The van der Waals surface area contributed by atoms with Crippen molar-refractivity contribution in [3.63, 3.8) is 0 Å². The summed E-state index contributed by atoms with van der Waals surface area (Å²) in [4.78, 5) is 19.2. The molecule has 0 atom stereocenters. The second-order valence-corrected chi connectivity index (χ2v) is 4.29. The average Bonchev–Trinajstić information content (AvgIpc) is 3.28. The summed E-state index contributed by atoms with van der Waals surface area (Å²) in [5.74, 6) is -1.42. The number of rotatable bonds is 4. The van der Waals surface area contributed by atoms with Crippen molar-refractivity contribution in [1.29, 1.82) is 0 Å². The van der Waals surface area contributed by atoms with E-state index in [1.165, 1.54) is 0 Å². The van der Waals surface area contributed by atoms with Crippen LogP contribution in [0.4, 0.5) is 0 Å². The molecule has 2 rings (SSSR count). The van der Waals surface area contributed by atoms with Gasteiger partial charge in [0.2, 0.25) is 0 Å². The molecule has 0 aromatic carbocycles. The maximum absolute atomic E-state index is 9.60. The molecule has 4 nitrogen and oxygen atoms in total. The summed E-state index contributed by atoms with van der Waals surface area (Å²) < 4.78 is 0. The van der Waals surface area contributed by atoms with Crippen LogP contribution < -0.4 is 0 Å². The van der Waals surface area contributed by atoms with E-state index in [9.17, 15) is 9.59 Å². The van der Waals surface area contributed by atoms with Crippen molar-refractivity contribution >= 4 is 19.6 Å². The van der Waals surface area contributed by atoms with Crippen LogP contribution in [0.3, 0.4) is 0 Å². The molecule has 0 aliphatic heterocycles. The first-order valence-corrected chi connectivity index (χ1v) is 11.8. The molecule has 2 aliphatic rings. The van der Waals surface area contributed by atoms with Crippen LogP contribution in [-0.2, 0) is 28.8 Å². The molecule has 0 saturated heterocycles. The predicted molar refractivity (Wildman–Crippen MR) is 110 cm³/mol. The monoisotopic (exact) mass is 414 g/mol. The predicted octanol–water partition coefficient (Wildman–Crippen LogP) is 4.34. The average molecular weight is 414 g/mol. The summed E-state index contributed by atoms with van der Waals surface area (Å²) in [5.41, 5.74) is 0. The quantitative estimate of drug-likeness (QED) is 0.530. The molecule has 0 amide bonds. The van der Waals surface area contributed by atoms with E-state index in [0.717, 1.165) is 25.7 Å². The van der Waals surface area contributed by atoms with E-state index in [-0.39, 0.29) is 14.9 Å². The Morgan fingerprint density at radius 3 is 1.23 bits per heavy atom. The van der Waals surface area contributed by atoms with Crippen molar-refractivity contribution in [3.8, 4) is 0 Å². The Balaban J connectivity index is -0.0000000712. The van der Waals surface area contributed by atoms with Crippen LogP contribution in [0.5, 0.6) is 0 Å². The Hall–Kier alpha value is -1.17. The van der Waals surface area contributed by atoms with Crippen molar-refractivity contribution in [2.24, 2.45) is 0 Å². The van der Waals surface area contributed by atoms with Gasteiger partial charge >= 0.3 is 38.7 Å². The fourth-order valence-electron chi connectivity index (χ4n) is 1.11. The number of hydrogen-bond acceptors (Lipinski definition) is 2. The number of carboxylic acid groups (broad SMARTS) is 2. The van der Waals surface area contributed by atoms with Gasteiger partial charge in [-0.2, -0.15) is 12.2 Å². The van der Waals surface area contributed by atoms with Crippen LogP contribution in [0.15, 0.2) is 36.5 Å². The molecular weight excluding hydrogens is 380 g/mol. The van der Waals surface area contributed by atoms with Gasteiger partial charge in [-0.3, -0.25) is 21.7 Å². The van der Waals surface area contributed by atoms with Crippen molar-refractivity contribution in [3.05, 3.63) is 63.5 Å². The summed E-state index contributed by atoms with van der Waals surface area (Å²) in [6, 6.07) is 0. The van der Waals surface area contributed by atoms with Crippen LogP contribution in [-0.4, -0.2) is 29.8 Å².